The fourth-order valence-corrected chi connectivity index (χ4v) is 2.65. The standard InChI is InChI=1S/C15H17ClN2O6/c1-9-6-17(7-10(2)24-9)14(19)8-23-15(20)11-3-4-12(16)13(5-11)18(21)22/h3-5,9-10H,6-8H2,1-2H3/t9-,10-/m1/s1. The molecular weight excluding hydrogens is 340 g/mol. The molecule has 0 saturated carbocycles. The quantitative estimate of drug-likeness (QED) is 0.465. The molecule has 1 aliphatic rings. The number of nitrogens with zero attached hydrogens (tertiary/aromatic N) is 2. The van der Waals surface area contributed by atoms with E-state index in [1.807, 2.05) is 13.8 Å². The summed E-state index contributed by atoms with van der Waals surface area (Å²) in [4.78, 5) is 35.8. The van der Waals surface area contributed by atoms with Crippen LogP contribution in [0.2, 0.25) is 5.02 Å². The highest BCUT2D eigenvalue weighted by Crippen LogP contribution is 2.25. The van der Waals surface area contributed by atoms with Crippen molar-refractivity contribution in [1.29, 1.82) is 0 Å². The molecular formula is C15H17ClN2O6. The zero-order valence-electron chi connectivity index (χ0n) is 13.2. The Kier molecular flexibility index (Phi) is 5.74. The highest BCUT2D eigenvalue weighted by Gasteiger charge is 2.26. The topological polar surface area (TPSA) is 99.0 Å². The summed E-state index contributed by atoms with van der Waals surface area (Å²) in [5.74, 6) is -1.16. The molecule has 130 valence electrons. The molecule has 1 aliphatic heterocycles. The third-order valence-corrected chi connectivity index (χ3v) is 3.80. The minimum atomic E-state index is -0.822. The van der Waals surface area contributed by atoms with Crippen LogP contribution < -0.4 is 0 Å². The summed E-state index contributed by atoms with van der Waals surface area (Å²) in [6.07, 6.45) is -0.181. The van der Waals surface area contributed by atoms with Crippen molar-refractivity contribution >= 4 is 29.2 Å². The normalized spacial score (nSPS) is 20.5. The molecule has 8 nitrogen and oxygen atoms in total. The summed E-state index contributed by atoms with van der Waals surface area (Å²) >= 11 is 5.69. The van der Waals surface area contributed by atoms with Gasteiger partial charge >= 0.3 is 5.97 Å². The van der Waals surface area contributed by atoms with Gasteiger partial charge in [0.25, 0.3) is 11.6 Å². The third kappa shape index (κ3) is 4.42. The van der Waals surface area contributed by atoms with Gasteiger partial charge in [0.05, 0.1) is 22.7 Å². The molecule has 0 N–H and O–H groups in total. The van der Waals surface area contributed by atoms with Gasteiger partial charge in [-0.1, -0.05) is 11.6 Å². The van der Waals surface area contributed by atoms with Crippen molar-refractivity contribution in [3.63, 3.8) is 0 Å². The van der Waals surface area contributed by atoms with Crippen LogP contribution in [0, 0.1) is 10.1 Å². The number of carbonyl (C=O) groups excluding carboxylic acids is 2. The number of amides is 1. The second kappa shape index (κ2) is 7.59. The summed E-state index contributed by atoms with van der Waals surface area (Å²) in [5, 5.41) is 10.7. The van der Waals surface area contributed by atoms with Gasteiger partial charge in [-0.05, 0) is 26.0 Å². The molecule has 1 fully saturated rings. The molecule has 0 bridgehead atoms. The lowest BCUT2D eigenvalue weighted by Crippen LogP contribution is -2.49. The first kappa shape index (κ1) is 18.2. The number of carbonyl (C=O) groups is 2. The first-order chi connectivity index (χ1) is 11.3. The molecule has 0 aliphatic carbocycles. The van der Waals surface area contributed by atoms with E-state index in [9.17, 15) is 19.7 Å². The van der Waals surface area contributed by atoms with Crippen molar-refractivity contribution in [2.75, 3.05) is 19.7 Å². The Morgan fingerprint density at radius 1 is 1.38 bits per heavy atom. The van der Waals surface area contributed by atoms with Gasteiger partial charge in [-0.2, -0.15) is 0 Å². The second-order valence-corrected chi connectivity index (χ2v) is 5.96. The van der Waals surface area contributed by atoms with Gasteiger partial charge in [0.1, 0.15) is 5.02 Å². The lowest BCUT2D eigenvalue weighted by Gasteiger charge is -2.35. The predicted octanol–water partition coefficient (Wildman–Crippen LogP) is 2.04. The van der Waals surface area contributed by atoms with Crippen molar-refractivity contribution in [3.05, 3.63) is 38.9 Å². The largest absolute Gasteiger partial charge is 0.452 e. The molecule has 1 aromatic carbocycles. The summed E-state index contributed by atoms with van der Waals surface area (Å²) in [5.41, 5.74) is -0.434. The minimum absolute atomic E-state index is 0.0392. The number of nitro benzene ring substituents is 1. The van der Waals surface area contributed by atoms with Crippen LogP contribution in [0.1, 0.15) is 24.2 Å². The molecule has 2 atom stereocenters. The van der Waals surface area contributed by atoms with E-state index < -0.39 is 23.2 Å². The van der Waals surface area contributed by atoms with Gasteiger partial charge in [0.2, 0.25) is 0 Å². The van der Waals surface area contributed by atoms with Crippen LogP contribution in [-0.4, -0.2) is 53.6 Å². The van der Waals surface area contributed by atoms with E-state index in [-0.39, 0.29) is 28.7 Å². The highest BCUT2D eigenvalue weighted by molar-refractivity contribution is 6.32. The maximum absolute atomic E-state index is 12.1. The number of nitro groups is 1. The van der Waals surface area contributed by atoms with Crippen LogP contribution in [0.15, 0.2) is 18.2 Å². The molecule has 1 heterocycles. The molecule has 0 spiro atoms. The Bertz CT molecular complexity index is 655. The number of hydrogen-bond acceptors (Lipinski definition) is 6. The fraction of sp³-hybridized carbons (Fsp3) is 0.467. The van der Waals surface area contributed by atoms with Crippen molar-refractivity contribution in [2.45, 2.75) is 26.1 Å². The molecule has 0 aromatic heterocycles. The minimum Gasteiger partial charge on any atom is -0.452 e. The Hall–Kier alpha value is -2.19. The van der Waals surface area contributed by atoms with Crippen LogP contribution in [0.4, 0.5) is 5.69 Å². The first-order valence-electron chi connectivity index (χ1n) is 7.32. The van der Waals surface area contributed by atoms with Gasteiger partial charge in [-0.25, -0.2) is 4.79 Å². The molecule has 0 radical (unpaired) electrons. The number of benzene rings is 1. The number of ether oxygens (including phenoxy) is 2. The van der Waals surface area contributed by atoms with Crippen molar-refractivity contribution in [3.8, 4) is 0 Å². The first-order valence-corrected chi connectivity index (χ1v) is 7.70. The molecule has 1 aromatic rings. The van der Waals surface area contributed by atoms with E-state index in [2.05, 4.69) is 0 Å². The highest BCUT2D eigenvalue weighted by atomic mass is 35.5. The Morgan fingerprint density at radius 3 is 2.58 bits per heavy atom. The average molecular weight is 357 g/mol. The summed E-state index contributed by atoms with van der Waals surface area (Å²) in [7, 11) is 0. The van der Waals surface area contributed by atoms with Crippen molar-refractivity contribution in [2.24, 2.45) is 0 Å². The number of esters is 1. The molecule has 1 amide bonds. The lowest BCUT2D eigenvalue weighted by molar-refractivity contribution is -0.384. The Morgan fingerprint density at radius 2 is 2.00 bits per heavy atom. The molecule has 24 heavy (non-hydrogen) atoms. The average Bonchev–Trinajstić information content (AvgIpc) is 2.51. The van der Waals surface area contributed by atoms with Crippen LogP contribution in [0.25, 0.3) is 0 Å². The maximum atomic E-state index is 12.1. The number of hydrogen-bond donors (Lipinski definition) is 0. The van der Waals surface area contributed by atoms with E-state index in [1.165, 1.54) is 12.1 Å². The van der Waals surface area contributed by atoms with Crippen LogP contribution >= 0.6 is 11.6 Å². The van der Waals surface area contributed by atoms with Crippen LogP contribution in [-0.2, 0) is 14.3 Å². The van der Waals surface area contributed by atoms with Crippen LogP contribution in [0.5, 0.6) is 0 Å². The molecule has 2 rings (SSSR count). The van der Waals surface area contributed by atoms with E-state index in [0.717, 1.165) is 6.07 Å². The van der Waals surface area contributed by atoms with E-state index >= 15 is 0 Å². The number of morpholine rings is 1. The Balaban J connectivity index is 1.96. The number of halogens is 1. The van der Waals surface area contributed by atoms with Gasteiger partial charge in [-0.15, -0.1) is 0 Å². The van der Waals surface area contributed by atoms with Crippen molar-refractivity contribution in [1.82, 2.24) is 4.90 Å². The Labute approximate surface area is 143 Å². The summed E-state index contributed by atoms with van der Waals surface area (Å²) in [6.45, 7) is 4.12. The molecule has 1 saturated heterocycles. The molecule has 0 unspecified atom stereocenters. The van der Waals surface area contributed by atoms with Gasteiger partial charge in [-0.3, -0.25) is 14.9 Å². The van der Waals surface area contributed by atoms with E-state index in [4.69, 9.17) is 21.1 Å². The summed E-state index contributed by atoms with van der Waals surface area (Å²) < 4.78 is 10.5. The van der Waals surface area contributed by atoms with E-state index in [1.54, 1.807) is 4.90 Å². The monoisotopic (exact) mass is 356 g/mol. The zero-order chi connectivity index (χ0) is 17.9. The lowest BCUT2D eigenvalue weighted by atomic mass is 10.2. The fourth-order valence-electron chi connectivity index (χ4n) is 2.46. The predicted molar refractivity (Wildman–Crippen MR) is 85.0 cm³/mol. The van der Waals surface area contributed by atoms with Gasteiger partial charge in [0, 0.05) is 19.2 Å². The summed E-state index contributed by atoms with van der Waals surface area (Å²) in [6, 6.07) is 3.57. The zero-order valence-corrected chi connectivity index (χ0v) is 14.0. The smallest absolute Gasteiger partial charge is 0.338 e. The molecule has 9 heteroatoms. The maximum Gasteiger partial charge on any atom is 0.338 e. The second-order valence-electron chi connectivity index (χ2n) is 5.56. The third-order valence-electron chi connectivity index (χ3n) is 3.48. The number of rotatable bonds is 4. The van der Waals surface area contributed by atoms with Crippen molar-refractivity contribution < 1.29 is 24.0 Å². The SMILES string of the molecule is C[C@@H]1CN(C(=O)COC(=O)c2ccc(Cl)c([N+](=O)[O-])c2)C[C@@H](C)O1. The van der Waals surface area contributed by atoms with E-state index in [0.29, 0.717) is 13.1 Å². The van der Waals surface area contributed by atoms with Gasteiger partial charge in [0.15, 0.2) is 6.61 Å². The van der Waals surface area contributed by atoms with Gasteiger partial charge < -0.3 is 14.4 Å². The van der Waals surface area contributed by atoms with Crippen LogP contribution in [0.3, 0.4) is 0 Å².